The molecule has 2 heteroatoms. The van der Waals surface area contributed by atoms with Gasteiger partial charge in [-0.05, 0) is 37.8 Å². The van der Waals surface area contributed by atoms with E-state index in [-0.39, 0.29) is 12.1 Å². The molecule has 2 rings (SSSR count). The molecule has 1 aromatic carbocycles. The van der Waals surface area contributed by atoms with E-state index in [1.807, 2.05) is 25.1 Å². The largest absolute Gasteiger partial charge is 0.459 e. The van der Waals surface area contributed by atoms with Gasteiger partial charge < -0.3 is 4.74 Å². The van der Waals surface area contributed by atoms with Crippen LogP contribution in [0, 0.1) is 5.92 Å². The van der Waals surface area contributed by atoms with Gasteiger partial charge in [0, 0.05) is 0 Å². The van der Waals surface area contributed by atoms with Gasteiger partial charge in [0.2, 0.25) is 0 Å². The van der Waals surface area contributed by atoms with Crippen LogP contribution in [0.15, 0.2) is 30.3 Å². The Morgan fingerprint density at radius 1 is 1.36 bits per heavy atom. The Kier molecular flexibility index (Phi) is 2.53. The molecular formula is C12H14O2. The van der Waals surface area contributed by atoms with E-state index < -0.39 is 0 Å². The van der Waals surface area contributed by atoms with Crippen LogP contribution in [0.25, 0.3) is 0 Å². The van der Waals surface area contributed by atoms with Crippen LogP contribution in [0.3, 0.4) is 0 Å². The van der Waals surface area contributed by atoms with E-state index in [9.17, 15) is 4.79 Å². The van der Waals surface area contributed by atoms with Gasteiger partial charge in [0.25, 0.3) is 0 Å². The summed E-state index contributed by atoms with van der Waals surface area (Å²) < 4.78 is 5.32. The number of esters is 1. The van der Waals surface area contributed by atoms with Crippen molar-refractivity contribution in [3.63, 3.8) is 0 Å². The molecule has 0 aliphatic heterocycles. The molecule has 14 heavy (non-hydrogen) atoms. The van der Waals surface area contributed by atoms with Crippen LogP contribution >= 0.6 is 0 Å². The van der Waals surface area contributed by atoms with Crippen LogP contribution in [0.2, 0.25) is 0 Å². The van der Waals surface area contributed by atoms with Gasteiger partial charge in [-0.15, -0.1) is 0 Å². The number of ether oxygens (including phenoxy) is 1. The summed E-state index contributed by atoms with van der Waals surface area (Å²) in [5, 5.41) is 0. The third-order valence-corrected chi connectivity index (χ3v) is 2.59. The highest BCUT2D eigenvalue weighted by molar-refractivity contribution is 5.89. The molecule has 1 fully saturated rings. The minimum absolute atomic E-state index is 0.0720. The van der Waals surface area contributed by atoms with Crippen molar-refractivity contribution in [3.8, 4) is 0 Å². The topological polar surface area (TPSA) is 26.3 Å². The van der Waals surface area contributed by atoms with Crippen LogP contribution in [-0.4, -0.2) is 12.1 Å². The van der Waals surface area contributed by atoms with Crippen LogP contribution < -0.4 is 0 Å². The molecule has 0 amide bonds. The smallest absolute Gasteiger partial charge is 0.338 e. The summed E-state index contributed by atoms with van der Waals surface area (Å²) in [5.74, 6) is 0.396. The second-order valence-electron chi connectivity index (χ2n) is 3.81. The Labute approximate surface area is 83.9 Å². The monoisotopic (exact) mass is 190 g/mol. The summed E-state index contributed by atoms with van der Waals surface area (Å²) in [7, 11) is 0. The molecule has 0 radical (unpaired) electrons. The van der Waals surface area contributed by atoms with Crippen molar-refractivity contribution >= 4 is 5.97 Å². The molecular weight excluding hydrogens is 176 g/mol. The minimum Gasteiger partial charge on any atom is -0.459 e. The number of benzene rings is 1. The molecule has 1 saturated carbocycles. The number of hydrogen-bond acceptors (Lipinski definition) is 2. The zero-order chi connectivity index (χ0) is 9.97. The molecule has 74 valence electrons. The van der Waals surface area contributed by atoms with Gasteiger partial charge in [-0.2, -0.15) is 0 Å². The highest BCUT2D eigenvalue weighted by Gasteiger charge is 2.30. The molecule has 2 nitrogen and oxygen atoms in total. The Morgan fingerprint density at radius 2 is 2.00 bits per heavy atom. The molecule has 1 aromatic rings. The SMILES string of the molecule is CC(OC(=O)c1ccccc1)C1CC1. The normalized spacial score (nSPS) is 17.5. The van der Waals surface area contributed by atoms with Crippen molar-refractivity contribution in [2.45, 2.75) is 25.9 Å². The number of carbonyl (C=O) groups excluding carboxylic acids is 1. The van der Waals surface area contributed by atoms with Crippen LogP contribution in [-0.2, 0) is 4.74 Å². The van der Waals surface area contributed by atoms with Gasteiger partial charge >= 0.3 is 5.97 Å². The average Bonchev–Trinajstić information content (AvgIpc) is 3.02. The van der Waals surface area contributed by atoms with Crippen molar-refractivity contribution in [1.82, 2.24) is 0 Å². The summed E-state index contributed by atoms with van der Waals surface area (Å²) >= 11 is 0. The van der Waals surface area contributed by atoms with Crippen LogP contribution in [0.5, 0.6) is 0 Å². The second-order valence-corrected chi connectivity index (χ2v) is 3.81. The van der Waals surface area contributed by atoms with E-state index in [0.29, 0.717) is 11.5 Å². The number of carbonyl (C=O) groups is 1. The molecule has 0 aromatic heterocycles. The summed E-state index contributed by atoms with van der Waals surface area (Å²) in [6.07, 6.45) is 2.47. The summed E-state index contributed by atoms with van der Waals surface area (Å²) in [6, 6.07) is 9.14. The van der Waals surface area contributed by atoms with Gasteiger partial charge in [-0.3, -0.25) is 0 Å². The standard InChI is InChI=1S/C12H14O2/c1-9(10-7-8-10)14-12(13)11-5-3-2-4-6-11/h2-6,9-10H,7-8H2,1H3. The Bertz CT molecular complexity index is 314. The fourth-order valence-corrected chi connectivity index (χ4v) is 1.47. The first-order chi connectivity index (χ1) is 6.77. The van der Waals surface area contributed by atoms with E-state index in [1.165, 1.54) is 12.8 Å². The fourth-order valence-electron chi connectivity index (χ4n) is 1.47. The maximum atomic E-state index is 11.6. The third kappa shape index (κ3) is 2.13. The van der Waals surface area contributed by atoms with Crippen molar-refractivity contribution in [3.05, 3.63) is 35.9 Å². The lowest BCUT2D eigenvalue weighted by Crippen LogP contribution is -2.16. The molecule has 0 N–H and O–H groups in total. The van der Waals surface area contributed by atoms with Gasteiger partial charge in [0.1, 0.15) is 6.10 Å². The van der Waals surface area contributed by atoms with Gasteiger partial charge in [0.15, 0.2) is 0 Å². The number of rotatable bonds is 3. The van der Waals surface area contributed by atoms with Crippen molar-refractivity contribution in [2.75, 3.05) is 0 Å². The van der Waals surface area contributed by atoms with E-state index in [2.05, 4.69) is 0 Å². The maximum Gasteiger partial charge on any atom is 0.338 e. The van der Waals surface area contributed by atoms with Crippen LogP contribution in [0.4, 0.5) is 0 Å². The van der Waals surface area contributed by atoms with Crippen molar-refractivity contribution < 1.29 is 9.53 Å². The van der Waals surface area contributed by atoms with E-state index >= 15 is 0 Å². The predicted molar refractivity (Wildman–Crippen MR) is 54.0 cm³/mol. The maximum absolute atomic E-state index is 11.6. The zero-order valence-electron chi connectivity index (χ0n) is 8.27. The van der Waals surface area contributed by atoms with Crippen molar-refractivity contribution in [2.24, 2.45) is 5.92 Å². The first-order valence-electron chi connectivity index (χ1n) is 5.03. The van der Waals surface area contributed by atoms with E-state index in [0.717, 1.165) is 0 Å². The molecule has 0 heterocycles. The van der Waals surface area contributed by atoms with Crippen molar-refractivity contribution in [1.29, 1.82) is 0 Å². The molecule has 0 spiro atoms. The highest BCUT2D eigenvalue weighted by Crippen LogP contribution is 2.34. The summed E-state index contributed by atoms with van der Waals surface area (Å²) in [4.78, 5) is 11.6. The highest BCUT2D eigenvalue weighted by atomic mass is 16.5. The molecule has 1 aliphatic rings. The fraction of sp³-hybridized carbons (Fsp3) is 0.417. The van der Waals surface area contributed by atoms with E-state index in [4.69, 9.17) is 4.74 Å². The lowest BCUT2D eigenvalue weighted by molar-refractivity contribution is 0.0295. The van der Waals surface area contributed by atoms with Gasteiger partial charge in [-0.25, -0.2) is 4.79 Å². The summed E-state index contributed by atoms with van der Waals surface area (Å²) in [5.41, 5.74) is 0.639. The first kappa shape index (κ1) is 9.25. The van der Waals surface area contributed by atoms with E-state index in [1.54, 1.807) is 12.1 Å². The quantitative estimate of drug-likeness (QED) is 0.685. The lowest BCUT2D eigenvalue weighted by atomic mass is 10.2. The molecule has 0 bridgehead atoms. The third-order valence-electron chi connectivity index (χ3n) is 2.59. The van der Waals surface area contributed by atoms with Gasteiger partial charge in [0.05, 0.1) is 5.56 Å². The predicted octanol–water partition coefficient (Wildman–Crippen LogP) is 2.64. The molecule has 0 saturated heterocycles. The minimum atomic E-state index is -0.204. The Hall–Kier alpha value is -1.31. The second kappa shape index (κ2) is 3.82. The Balaban J connectivity index is 1.95. The molecule has 1 unspecified atom stereocenters. The van der Waals surface area contributed by atoms with Crippen LogP contribution in [0.1, 0.15) is 30.1 Å². The zero-order valence-corrected chi connectivity index (χ0v) is 8.27. The van der Waals surface area contributed by atoms with Gasteiger partial charge in [-0.1, -0.05) is 18.2 Å². The Morgan fingerprint density at radius 3 is 2.57 bits per heavy atom. The first-order valence-corrected chi connectivity index (χ1v) is 5.03. The molecule has 1 atom stereocenters. The summed E-state index contributed by atoms with van der Waals surface area (Å²) in [6.45, 7) is 1.97. The number of hydrogen-bond donors (Lipinski definition) is 0. The lowest BCUT2D eigenvalue weighted by Gasteiger charge is -2.11. The average molecular weight is 190 g/mol. The molecule has 1 aliphatic carbocycles.